The van der Waals surface area contributed by atoms with Crippen molar-refractivity contribution in [3.05, 3.63) is 90.3 Å². The monoisotopic (exact) mass is 426 g/mol. The molecule has 2 aromatic carbocycles. The number of fused-ring (bicyclic) bond motifs is 1. The number of hydrogen-bond acceptors (Lipinski definition) is 5. The molecule has 2 N–H and O–H groups in total. The van der Waals surface area contributed by atoms with Gasteiger partial charge >= 0.3 is 0 Å². The summed E-state index contributed by atoms with van der Waals surface area (Å²) in [6, 6.07) is 21.9. The van der Waals surface area contributed by atoms with Gasteiger partial charge in [-0.1, -0.05) is 50.2 Å². The van der Waals surface area contributed by atoms with Crippen LogP contribution < -0.4 is 10.2 Å². The first-order valence-corrected chi connectivity index (χ1v) is 11.3. The fourth-order valence-electron chi connectivity index (χ4n) is 4.10. The van der Waals surface area contributed by atoms with Gasteiger partial charge in [0.05, 0.1) is 6.04 Å². The predicted octanol–water partition coefficient (Wildman–Crippen LogP) is 6.16. The van der Waals surface area contributed by atoms with Crippen LogP contribution in [-0.2, 0) is 0 Å². The quantitative estimate of drug-likeness (QED) is 0.335. The average Bonchev–Trinajstić information content (AvgIpc) is 2.84. The van der Waals surface area contributed by atoms with Crippen molar-refractivity contribution in [2.45, 2.75) is 32.7 Å². The highest BCUT2D eigenvalue weighted by molar-refractivity contribution is 5.86. The lowest BCUT2D eigenvalue weighted by atomic mass is 9.96. The topological polar surface area (TPSA) is 61.3 Å². The van der Waals surface area contributed by atoms with Crippen LogP contribution in [0.1, 0.15) is 43.9 Å². The Morgan fingerprint density at radius 2 is 1.59 bits per heavy atom. The molecule has 2 heterocycles. The minimum absolute atomic E-state index is 0.194. The molecule has 32 heavy (non-hydrogen) atoms. The zero-order chi connectivity index (χ0) is 22.3. The van der Waals surface area contributed by atoms with Crippen molar-refractivity contribution in [1.82, 2.24) is 9.97 Å². The molecule has 0 bridgehead atoms. The van der Waals surface area contributed by atoms with Crippen molar-refractivity contribution < 1.29 is 5.11 Å². The summed E-state index contributed by atoms with van der Waals surface area (Å²) in [5.74, 6) is 0.944. The van der Waals surface area contributed by atoms with Crippen LogP contribution in [0.25, 0.3) is 10.9 Å². The van der Waals surface area contributed by atoms with Gasteiger partial charge in [0, 0.05) is 42.1 Å². The van der Waals surface area contributed by atoms with Crippen molar-refractivity contribution >= 4 is 22.4 Å². The lowest BCUT2D eigenvalue weighted by Gasteiger charge is -2.26. The smallest absolute Gasteiger partial charge is 0.147 e. The standard InChI is InChI=1S/C27H30N4O/c1-3-18-31(19-4-2)22-13-10-21(11-14-22)25(30-24-9-5-6-16-28-24)23-15-12-20-8-7-17-29-26(20)27(23)32/h5-17,25,32H,3-4,18-19H2,1-2H3,(H,28,30)/t25-/m0/s1. The summed E-state index contributed by atoms with van der Waals surface area (Å²) < 4.78 is 0. The Labute approximate surface area is 189 Å². The van der Waals surface area contributed by atoms with Gasteiger partial charge in [-0.2, -0.15) is 0 Å². The fourth-order valence-corrected chi connectivity index (χ4v) is 4.10. The van der Waals surface area contributed by atoms with E-state index in [0.29, 0.717) is 5.52 Å². The minimum atomic E-state index is -0.267. The molecule has 5 heteroatoms. The molecule has 0 spiro atoms. The maximum atomic E-state index is 11.1. The first kappa shape index (κ1) is 21.6. The molecule has 0 aliphatic carbocycles. The van der Waals surface area contributed by atoms with Gasteiger partial charge in [-0.25, -0.2) is 4.98 Å². The molecule has 0 aliphatic rings. The second-order valence-electron chi connectivity index (χ2n) is 7.95. The molecule has 0 fully saturated rings. The molecule has 1 atom stereocenters. The third-order valence-corrected chi connectivity index (χ3v) is 5.63. The number of anilines is 2. The summed E-state index contributed by atoms with van der Waals surface area (Å²) in [6.07, 6.45) is 5.70. The predicted molar refractivity (Wildman–Crippen MR) is 132 cm³/mol. The molecule has 164 valence electrons. The Balaban J connectivity index is 1.74. The van der Waals surface area contributed by atoms with Crippen LogP contribution in [0.4, 0.5) is 11.5 Å². The lowest BCUT2D eigenvalue weighted by Crippen LogP contribution is -2.24. The van der Waals surface area contributed by atoms with Crippen LogP contribution in [0.5, 0.6) is 5.75 Å². The van der Waals surface area contributed by atoms with Gasteiger partial charge < -0.3 is 15.3 Å². The molecule has 5 nitrogen and oxygen atoms in total. The molecule has 4 rings (SSSR count). The molecule has 0 saturated carbocycles. The number of phenolic OH excluding ortho intramolecular Hbond substituents is 1. The zero-order valence-corrected chi connectivity index (χ0v) is 18.7. The second-order valence-corrected chi connectivity index (χ2v) is 7.95. The number of pyridine rings is 2. The Kier molecular flexibility index (Phi) is 6.85. The summed E-state index contributed by atoms with van der Waals surface area (Å²) in [5, 5.41) is 15.5. The Morgan fingerprint density at radius 3 is 2.28 bits per heavy atom. The number of phenols is 1. The van der Waals surface area contributed by atoms with Crippen LogP contribution in [0.3, 0.4) is 0 Å². The third kappa shape index (κ3) is 4.67. The van der Waals surface area contributed by atoms with Gasteiger partial charge in [0.1, 0.15) is 17.1 Å². The molecule has 2 aromatic heterocycles. The van der Waals surface area contributed by atoms with E-state index in [1.807, 2.05) is 42.5 Å². The molecule has 4 aromatic rings. The lowest BCUT2D eigenvalue weighted by molar-refractivity contribution is 0.471. The van der Waals surface area contributed by atoms with Crippen LogP contribution in [0.2, 0.25) is 0 Å². The number of nitrogens with zero attached hydrogens (tertiary/aromatic N) is 3. The van der Waals surface area contributed by atoms with E-state index in [9.17, 15) is 5.11 Å². The molecular formula is C27H30N4O. The second kappa shape index (κ2) is 10.1. The van der Waals surface area contributed by atoms with Crippen molar-refractivity contribution in [3.8, 4) is 5.75 Å². The first-order chi connectivity index (χ1) is 15.7. The summed E-state index contributed by atoms with van der Waals surface area (Å²) in [7, 11) is 0. The molecule has 0 saturated heterocycles. The average molecular weight is 427 g/mol. The van der Waals surface area contributed by atoms with Gasteiger partial charge in [-0.05, 0) is 48.7 Å². The third-order valence-electron chi connectivity index (χ3n) is 5.63. The number of benzene rings is 2. The summed E-state index contributed by atoms with van der Waals surface area (Å²) >= 11 is 0. The summed E-state index contributed by atoms with van der Waals surface area (Å²) in [6.45, 7) is 6.50. The number of rotatable bonds is 9. The normalized spacial score (nSPS) is 11.9. The van der Waals surface area contributed by atoms with E-state index in [4.69, 9.17) is 0 Å². The molecule has 0 aliphatic heterocycles. The van der Waals surface area contributed by atoms with Gasteiger partial charge in [0.2, 0.25) is 0 Å². The van der Waals surface area contributed by atoms with E-state index in [2.05, 4.69) is 58.3 Å². The largest absolute Gasteiger partial charge is 0.505 e. The van der Waals surface area contributed by atoms with E-state index in [0.717, 1.165) is 48.3 Å². The maximum absolute atomic E-state index is 11.1. The van der Waals surface area contributed by atoms with Crippen molar-refractivity contribution in [2.24, 2.45) is 0 Å². The molecule has 0 unspecified atom stereocenters. The highest BCUT2D eigenvalue weighted by Crippen LogP contribution is 2.36. The Morgan fingerprint density at radius 1 is 0.844 bits per heavy atom. The van der Waals surface area contributed by atoms with Crippen LogP contribution in [0, 0.1) is 0 Å². The van der Waals surface area contributed by atoms with E-state index in [1.54, 1.807) is 12.4 Å². The Bertz CT molecular complexity index is 1140. The molecular weight excluding hydrogens is 396 g/mol. The summed E-state index contributed by atoms with van der Waals surface area (Å²) in [4.78, 5) is 11.3. The first-order valence-electron chi connectivity index (χ1n) is 11.3. The highest BCUT2D eigenvalue weighted by atomic mass is 16.3. The molecule has 0 radical (unpaired) electrons. The highest BCUT2D eigenvalue weighted by Gasteiger charge is 2.20. The number of nitrogens with one attached hydrogen (secondary N) is 1. The molecule has 0 amide bonds. The van der Waals surface area contributed by atoms with Crippen molar-refractivity contribution in [3.63, 3.8) is 0 Å². The SMILES string of the molecule is CCCN(CCC)c1ccc([C@H](Nc2ccccn2)c2ccc3cccnc3c2O)cc1. The van der Waals surface area contributed by atoms with E-state index in [1.165, 1.54) is 5.69 Å². The van der Waals surface area contributed by atoms with E-state index < -0.39 is 0 Å². The van der Waals surface area contributed by atoms with Gasteiger partial charge in [-0.3, -0.25) is 4.98 Å². The summed E-state index contributed by atoms with van der Waals surface area (Å²) in [5.41, 5.74) is 3.65. The van der Waals surface area contributed by atoms with E-state index in [-0.39, 0.29) is 11.8 Å². The maximum Gasteiger partial charge on any atom is 0.147 e. The van der Waals surface area contributed by atoms with Crippen LogP contribution in [-0.4, -0.2) is 28.2 Å². The fraction of sp³-hybridized carbons (Fsp3) is 0.259. The van der Waals surface area contributed by atoms with Gasteiger partial charge in [0.25, 0.3) is 0 Å². The number of aromatic nitrogens is 2. The van der Waals surface area contributed by atoms with Crippen molar-refractivity contribution in [2.75, 3.05) is 23.3 Å². The van der Waals surface area contributed by atoms with E-state index >= 15 is 0 Å². The van der Waals surface area contributed by atoms with Crippen molar-refractivity contribution in [1.29, 1.82) is 0 Å². The zero-order valence-electron chi connectivity index (χ0n) is 18.7. The Hall–Kier alpha value is -3.60. The van der Waals surface area contributed by atoms with Gasteiger partial charge in [0.15, 0.2) is 0 Å². The number of aromatic hydroxyl groups is 1. The van der Waals surface area contributed by atoms with Crippen LogP contribution in [0.15, 0.2) is 79.1 Å². The number of hydrogen-bond donors (Lipinski definition) is 2. The minimum Gasteiger partial charge on any atom is -0.505 e. The van der Waals surface area contributed by atoms with Gasteiger partial charge in [-0.15, -0.1) is 0 Å². The van der Waals surface area contributed by atoms with Crippen LogP contribution >= 0.6 is 0 Å².